The molecule has 14 heavy (non-hydrogen) atoms. The number of hydrogen-bond donors (Lipinski definition) is 0. The summed E-state index contributed by atoms with van der Waals surface area (Å²) in [6.07, 6.45) is 0. The van der Waals surface area contributed by atoms with E-state index in [0.29, 0.717) is 10.0 Å². The Morgan fingerprint density at radius 1 is 1.57 bits per heavy atom. The zero-order valence-electron chi connectivity index (χ0n) is 7.28. The number of esters is 1. The molecule has 1 heterocycles. The van der Waals surface area contributed by atoms with E-state index in [1.54, 1.807) is 12.1 Å². The van der Waals surface area contributed by atoms with Gasteiger partial charge in [0.05, 0.1) is 22.3 Å². The molecule has 0 aliphatic heterocycles. The van der Waals surface area contributed by atoms with Gasteiger partial charge in [-0.05, 0) is 12.1 Å². The Morgan fingerprint density at radius 2 is 2.36 bits per heavy atom. The molecule has 1 aromatic carbocycles. The number of halogens is 1. The second-order valence-electron chi connectivity index (χ2n) is 2.60. The zero-order chi connectivity index (χ0) is 10.1. The van der Waals surface area contributed by atoms with Gasteiger partial charge in [0.25, 0.3) is 0 Å². The van der Waals surface area contributed by atoms with Crippen LogP contribution in [0.15, 0.2) is 18.2 Å². The lowest BCUT2D eigenvalue weighted by atomic mass is 10.3. The molecule has 0 unspecified atom stereocenters. The van der Waals surface area contributed by atoms with E-state index in [0.717, 1.165) is 10.2 Å². The first-order valence-corrected chi connectivity index (χ1v) is 5.05. The van der Waals surface area contributed by atoms with Gasteiger partial charge in [0.1, 0.15) is 0 Å². The fourth-order valence-corrected chi connectivity index (χ4v) is 2.26. The topological polar surface area (TPSA) is 39.2 Å². The number of methoxy groups -OCH3 is 1. The Kier molecular flexibility index (Phi) is 2.39. The minimum absolute atomic E-state index is 0.329. The number of thiazole rings is 1. The van der Waals surface area contributed by atoms with Gasteiger partial charge in [0.2, 0.25) is 5.01 Å². The Hall–Kier alpha value is -1.13. The first-order valence-electron chi connectivity index (χ1n) is 3.85. The van der Waals surface area contributed by atoms with Crippen molar-refractivity contribution in [2.45, 2.75) is 0 Å². The number of ether oxygens (including phenoxy) is 1. The fraction of sp³-hybridized carbons (Fsp3) is 0.111. The third-order valence-corrected chi connectivity index (χ3v) is 3.24. The third kappa shape index (κ3) is 1.47. The zero-order valence-corrected chi connectivity index (χ0v) is 8.85. The van der Waals surface area contributed by atoms with Gasteiger partial charge in [0.15, 0.2) is 0 Å². The van der Waals surface area contributed by atoms with E-state index in [1.165, 1.54) is 18.4 Å². The summed E-state index contributed by atoms with van der Waals surface area (Å²) in [4.78, 5) is 15.3. The van der Waals surface area contributed by atoms with Crippen LogP contribution in [0.4, 0.5) is 0 Å². The molecule has 5 heteroatoms. The number of aromatic nitrogens is 1. The Balaban J connectivity index is 2.62. The predicted molar refractivity (Wildman–Crippen MR) is 56.0 cm³/mol. The second-order valence-corrected chi connectivity index (χ2v) is 4.00. The summed E-state index contributed by atoms with van der Waals surface area (Å²) in [5.74, 6) is -0.428. The van der Waals surface area contributed by atoms with Gasteiger partial charge in [-0.3, -0.25) is 0 Å². The number of fused-ring (bicyclic) bond motifs is 1. The lowest BCUT2D eigenvalue weighted by Crippen LogP contribution is -1.99. The lowest BCUT2D eigenvalue weighted by molar-refractivity contribution is 0.0600. The van der Waals surface area contributed by atoms with Crippen LogP contribution in [0.2, 0.25) is 5.02 Å². The third-order valence-electron chi connectivity index (χ3n) is 1.73. The van der Waals surface area contributed by atoms with Crippen molar-refractivity contribution in [1.82, 2.24) is 4.98 Å². The van der Waals surface area contributed by atoms with Gasteiger partial charge in [0, 0.05) is 0 Å². The molecule has 0 fully saturated rings. The van der Waals surface area contributed by atoms with Crippen molar-refractivity contribution in [2.75, 3.05) is 7.11 Å². The molecule has 0 aliphatic rings. The molecule has 2 rings (SSSR count). The van der Waals surface area contributed by atoms with Crippen LogP contribution in [0.5, 0.6) is 0 Å². The van der Waals surface area contributed by atoms with Crippen molar-refractivity contribution in [2.24, 2.45) is 0 Å². The van der Waals surface area contributed by atoms with Gasteiger partial charge in [-0.2, -0.15) is 0 Å². The number of rotatable bonds is 1. The SMILES string of the molecule is COC(=O)c1nc2cccc(Cl)c2s1. The average molecular weight is 228 g/mol. The smallest absolute Gasteiger partial charge is 0.367 e. The molecule has 2 aromatic rings. The summed E-state index contributed by atoms with van der Waals surface area (Å²) >= 11 is 7.18. The Bertz CT molecular complexity index is 495. The van der Waals surface area contributed by atoms with Crippen LogP contribution >= 0.6 is 22.9 Å². The highest BCUT2D eigenvalue weighted by Gasteiger charge is 2.13. The molecular weight excluding hydrogens is 222 g/mol. The van der Waals surface area contributed by atoms with E-state index in [1.807, 2.05) is 6.07 Å². The van der Waals surface area contributed by atoms with Crippen LogP contribution in [0.25, 0.3) is 10.2 Å². The van der Waals surface area contributed by atoms with Gasteiger partial charge < -0.3 is 4.74 Å². The highest BCUT2D eigenvalue weighted by molar-refractivity contribution is 7.20. The second kappa shape index (κ2) is 3.55. The summed E-state index contributed by atoms with van der Waals surface area (Å²) < 4.78 is 5.39. The van der Waals surface area contributed by atoms with Crippen molar-refractivity contribution >= 4 is 39.1 Å². The molecule has 0 radical (unpaired) electrons. The van der Waals surface area contributed by atoms with Crippen molar-refractivity contribution in [3.8, 4) is 0 Å². The average Bonchev–Trinajstić information content (AvgIpc) is 2.62. The molecule has 3 nitrogen and oxygen atoms in total. The fourth-order valence-electron chi connectivity index (χ4n) is 1.09. The summed E-state index contributed by atoms with van der Waals surface area (Å²) in [6, 6.07) is 5.37. The lowest BCUT2D eigenvalue weighted by Gasteiger charge is -1.89. The maximum atomic E-state index is 11.2. The minimum atomic E-state index is -0.428. The molecule has 0 amide bonds. The highest BCUT2D eigenvalue weighted by Crippen LogP contribution is 2.29. The Labute approximate surface area is 89.3 Å². The van der Waals surface area contributed by atoms with E-state index >= 15 is 0 Å². The summed E-state index contributed by atoms with van der Waals surface area (Å²) in [5.41, 5.74) is 0.725. The van der Waals surface area contributed by atoms with Crippen LogP contribution in [0.1, 0.15) is 9.80 Å². The van der Waals surface area contributed by atoms with E-state index in [-0.39, 0.29) is 0 Å². The van der Waals surface area contributed by atoms with Crippen molar-refractivity contribution in [1.29, 1.82) is 0 Å². The molecule has 72 valence electrons. The van der Waals surface area contributed by atoms with E-state index in [9.17, 15) is 4.79 Å². The first kappa shape index (κ1) is 9.43. The van der Waals surface area contributed by atoms with Crippen LogP contribution < -0.4 is 0 Å². The summed E-state index contributed by atoms with van der Waals surface area (Å²) in [6.45, 7) is 0. The quantitative estimate of drug-likeness (QED) is 0.704. The molecule has 0 aliphatic carbocycles. The molecule has 1 aromatic heterocycles. The van der Waals surface area contributed by atoms with E-state index in [4.69, 9.17) is 11.6 Å². The number of nitrogens with zero attached hydrogens (tertiary/aromatic N) is 1. The molecule has 0 saturated heterocycles. The van der Waals surface area contributed by atoms with Crippen LogP contribution in [0.3, 0.4) is 0 Å². The van der Waals surface area contributed by atoms with Crippen LogP contribution in [0, 0.1) is 0 Å². The number of hydrogen-bond acceptors (Lipinski definition) is 4. The standard InChI is InChI=1S/C9H6ClNO2S/c1-13-9(12)8-11-6-4-2-3-5(10)7(6)14-8/h2-4H,1H3. The summed E-state index contributed by atoms with van der Waals surface area (Å²) in [5, 5.41) is 0.936. The monoisotopic (exact) mass is 227 g/mol. The Morgan fingerprint density at radius 3 is 3.00 bits per heavy atom. The molecule has 0 saturated carbocycles. The van der Waals surface area contributed by atoms with Crippen LogP contribution in [-0.2, 0) is 4.74 Å². The van der Waals surface area contributed by atoms with Gasteiger partial charge in [-0.1, -0.05) is 17.7 Å². The van der Waals surface area contributed by atoms with Crippen molar-refractivity contribution in [3.63, 3.8) is 0 Å². The molecule has 0 spiro atoms. The largest absolute Gasteiger partial charge is 0.464 e. The summed E-state index contributed by atoms with van der Waals surface area (Å²) in [7, 11) is 1.33. The maximum Gasteiger partial charge on any atom is 0.367 e. The number of carbonyl (C=O) groups is 1. The van der Waals surface area contributed by atoms with E-state index in [2.05, 4.69) is 9.72 Å². The van der Waals surface area contributed by atoms with Crippen molar-refractivity contribution in [3.05, 3.63) is 28.2 Å². The van der Waals surface area contributed by atoms with Gasteiger partial charge in [-0.25, -0.2) is 9.78 Å². The molecular formula is C9H6ClNO2S. The number of benzene rings is 1. The molecule has 0 atom stereocenters. The predicted octanol–water partition coefficient (Wildman–Crippen LogP) is 2.74. The van der Waals surface area contributed by atoms with Crippen molar-refractivity contribution < 1.29 is 9.53 Å². The molecule has 0 bridgehead atoms. The van der Waals surface area contributed by atoms with Gasteiger partial charge in [-0.15, -0.1) is 11.3 Å². The first-order chi connectivity index (χ1) is 6.72. The highest BCUT2D eigenvalue weighted by atomic mass is 35.5. The van der Waals surface area contributed by atoms with E-state index < -0.39 is 5.97 Å². The molecule has 0 N–H and O–H groups in total. The minimum Gasteiger partial charge on any atom is -0.464 e. The van der Waals surface area contributed by atoms with Gasteiger partial charge >= 0.3 is 5.97 Å². The van der Waals surface area contributed by atoms with Crippen LogP contribution in [-0.4, -0.2) is 18.1 Å². The number of carbonyl (C=O) groups excluding carboxylic acids is 1. The maximum absolute atomic E-state index is 11.2. The normalized spacial score (nSPS) is 10.4.